The third-order valence-electron chi connectivity index (χ3n) is 8.44. The zero-order chi connectivity index (χ0) is 32.1. The Hall–Kier alpha value is -6.52. The fourth-order valence-corrected chi connectivity index (χ4v) is 5.85. The van der Waals surface area contributed by atoms with Crippen molar-refractivity contribution in [2.75, 3.05) is 0 Å². The minimum Gasteiger partial charge on any atom is -0.256 e. The third-order valence-corrected chi connectivity index (χ3v) is 8.44. The summed E-state index contributed by atoms with van der Waals surface area (Å²) in [6, 6.07) is 60.4. The molecule has 0 unspecified atom stereocenters. The van der Waals surface area contributed by atoms with Crippen molar-refractivity contribution < 1.29 is 0 Å². The second kappa shape index (κ2) is 13.1. The van der Waals surface area contributed by atoms with E-state index >= 15 is 0 Å². The Bertz CT molecular complexity index is 2180. The monoisotopic (exact) mass is 614 g/mol. The summed E-state index contributed by atoms with van der Waals surface area (Å²) in [5.41, 5.74) is 11.7. The van der Waals surface area contributed by atoms with Crippen LogP contribution in [-0.2, 0) is 0 Å². The van der Waals surface area contributed by atoms with Gasteiger partial charge in [-0.2, -0.15) is 0 Å². The third kappa shape index (κ3) is 6.15. The predicted molar refractivity (Wildman–Crippen MR) is 196 cm³/mol. The van der Waals surface area contributed by atoms with Gasteiger partial charge in [0.15, 0.2) is 17.5 Å². The highest BCUT2D eigenvalue weighted by Crippen LogP contribution is 2.31. The summed E-state index contributed by atoms with van der Waals surface area (Å²) in [5.74, 6) is 1.89. The molecule has 0 aliphatic carbocycles. The summed E-state index contributed by atoms with van der Waals surface area (Å²) in [6.07, 6.45) is 1.82. The molecule has 0 saturated carbocycles. The van der Waals surface area contributed by atoms with Crippen LogP contribution >= 0.6 is 0 Å². The van der Waals surface area contributed by atoms with Crippen molar-refractivity contribution in [1.82, 2.24) is 19.9 Å². The Morgan fingerprint density at radius 2 is 0.625 bits per heavy atom. The van der Waals surface area contributed by atoms with Gasteiger partial charge in [-0.15, -0.1) is 0 Å². The zero-order valence-electron chi connectivity index (χ0n) is 26.1. The summed E-state index contributed by atoms with van der Waals surface area (Å²) >= 11 is 0. The minimum atomic E-state index is 0.626. The van der Waals surface area contributed by atoms with Gasteiger partial charge in [0, 0.05) is 28.5 Å². The van der Waals surface area contributed by atoms with Crippen LogP contribution in [0.4, 0.5) is 0 Å². The van der Waals surface area contributed by atoms with E-state index in [2.05, 4.69) is 151 Å². The van der Waals surface area contributed by atoms with E-state index in [4.69, 9.17) is 15.0 Å². The molecule has 8 rings (SSSR count). The SMILES string of the molecule is c1ccc(-c2ccc(-c3nc(-c4ccc(-c5ccccc5)cc4)nc(-c4cccc(-c5ccc(-c6ccccn6)cc5)c4)n3)cc2)cc1. The van der Waals surface area contributed by atoms with Crippen LogP contribution in [0.3, 0.4) is 0 Å². The molecule has 4 heteroatoms. The van der Waals surface area contributed by atoms with E-state index in [-0.39, 0.29) is 0 Å². The van der Waals surface area contributed by atoms with E-state index in [1.54, 1.807) is 0 Å². The summed E-state index contributed by atoms with van der Waals surface area (Å²) in [4.78, 5) is 19.5. The van der Waals surface area contributed by atoms with Gasteiger partial charge in [0.25, 0.3) is 0 Å². The van der Waals surface area contributed by atoms with Crippen molar-refractivity contribution in [1.29, 1.82) is 0 Å². The molecule has 0 atom stereocenters. The van der Waals surface area contributed by atoms with Crippen molar-refractivity contribution in [2.24, 2.45) is 0 Å². The molecule has 0 aliphatic rings. The molecule has 0 amide bonds. The lowest BCUT2D eigenvalue weighted by molar-refractivity contribution is 1.07. The molecule has 0 saturated heterocycles. The zero-order valence-corrected chi connectivity index (χ0v) is 26.1. The second-order valence-electron chi connectivity index (χ2n) is 11.6. The predicted octanol–water partition coefficient (Wildman–Crippen LogP) is 10.9. The van der Waals surface area contributed by atoms with E-state index in [1.165, 1.54) is 11.1 Å². The van der Waals surface area contributed by atoms with E-state index in [1.807, 2.05) is 36.5 Å². The number of benzene rings is 6. The molecule has 0 aliphatic heterocycles. The number of pyridine rings is 1. The van der Waals surface area contributed by atoms with Gasteiger partial charge in [-0.3, -0.25) is 4.98 Å². The first kappa shape index (κ1) is 28.9. The lowest BCUT2D eigenvalue weighted by atomic mass is 10.0. The van der Waals surface area contributed by atoms with Gasteiger partial charge in [-0.05, 0) is 51.6 Å². The molecule has 0 fully saturated rings. The number of hydrogen-bond donors (Lipinski definition) is 0. The molecule has 0 spiro atoms. The summed E-state index contributed by atoms with van der Waals surface area (Å²) in [7, 11) is 0. The molecule has 0 radical (unpaired) electrons. The van der Waals surface area contributed by atoms with Crippen LogP contribution in [0.5, 0.6) is 0 Å². The second-order valence-corrected chi connectivity index (χ2v) is 11.6. The molecule has 0 N–H and O–H groups in total. The molecule has 0 bridgehead atoms. The van der Waals surface area contributed by atoms with Crippen LogP contribution in [0.1, 0.15) is 0 Å². The van der Waals surface area contributed by atoms with E-state index < -0.39 is 0 Å². The van der Waals surface area contributed by atoms with Gasteiger partial charge in [-0.1, -0.05) is 158 Å². The van der Waals surface area contributed by atoms with Crippen LogP contribution in [0.25, 0.3) is 78.8 Å². The molecule has 2 heterocycles. The molecule has 2 aromatic heterocycles. The van der Waals surface area contributed by atoms with Gasteiger partial charge in [-0.25, -0.2) is 15.0 Å². The quantitative estimate of drug-likeness (QED) is 0.179. The fraction of sp³-hybridized carbons (Fsp3) is 0. The Kier molecular flexibility index (Phi) is 7.87. The van der Waals surface area contributed by atoms with Crippen LogP contribution in [0, 0.1) is 0 Å². The summed E-state index contributed by atoms with van der Waals surface area (Å²) in [5, 5.41) is 0. The molecule has 4 nitrogen and oxygen atoms in total. The Labute approximate surface area is 280 Å². The van der Waals surface area contributed by atoms with Gasteiger partial charge >= 0.3 is 0 Å². The van der Waals surface area contributed by atoms with Gasteiger partial charge in [0.2, 0.25) is 0 Å². The molecule has 8 aromatic rings. The molecule has 226 valence electrons. The number of hydrogen-bond acceptors (Lipinski definition) is 4. The average molecular weight is 615 g/mol. The summed E-state index contributed by atoms with van der Waals surface area (Å²) in [6.45, 7) is 0. The Morgan fingerprint density at radius 1 is 0.250 bits per heavy atom. The van der Waals surface area contributed by atoms with Gasteiger partial charge < -0.3 is 0 Å². The van der Waals surface area contributed by atoms with Gasteiger partial charge in [0.05, 0.1) is 5.69 Å². The van der Waals surface area contributed by atoms with Crippen molar-refractivity contribution in [3.63, 3.8) is 0 Å². The van der Waals surface area contributed by atoms with Crippen LogP contribution < -0.4 is 0 Å². The molecular weight excluding hydrogens is 585 g/mol. The minimum absolute atomic E-state index is 0.626. The van der Waals surface area contributed by atoms with Crippen molar-refractivity contribution in [3.05, 3.63) is 182 Å². The maximum atomic E-state index is 5.03. The van der Waals surface area contributed by atoms with Crippen LogP contribution in [0.15, 0.2) is 182 Å². The van der Waals surface area contributed by atoms with Crippen LogP contribution in [0.2, 0.25) is 0 Å². The highest BCUT2D eigenvalue weighted by atomic mass is 15.0. The first-order chi connectivity index (χ1) is 23.8. The highest BCUT2D eigenvalue weighted by Gasteiger charge is 2.14. The topological polar surface area (TPSA) is 51.6 Å². The first-order valence-electron chi connectivity index (χ1n) is 16.0. The smallest absolute Gasteiger partial charge is 0.164 e. The van der Waals surface area contributed by atoms with E-state index in [0.29, 0.717) is 17.5 Å². The molecule has 48 heavy (non-hydrogen) atoms. The normalized spacial score (nSPS) is 10.9. The maximum Gasteiger partial charge on any atom is 0.164 e. The van der Waals surface area contributed by atoms with Crippen molar-refractivity contribution in [2.45, 2.75) is 0 Å². The van der Waals surface area contributed by atoms with Crippen molar-refractivity contribution >= 4 is 0 Å². The highest BCUT2D eigenvalue weighted by molar-refractivity contribution is 5.75. The standard InChI is InChI=1S/C44H30N4/c1-3-10-31(11-4-1)33-19-25-37(26-20-33)42-46-43(38-27-21-34(22-28-38)32-12-5-2-6-13-32)48-44(47-42)40-15-9-14-39(30-40)35-17-23-36(24-18-35)41-16-7-8-29-45-41/h1-30H. The van der Waals surface area contributed by atoms with Crippen molar-refractivity contribution in [3.8, 4) is 78.8 Å². The van der Waals surface area contributed by atoms with Gasteiger partial charge in [0.1, 0.15) is 0 Å². The Morgan fingerprint density at radius 3 is 1.12 bits per heavy atom. The number of rotatable bonds is 7. The fourth-order valence-electron chi connectivity index (χ4n) is 5.85. The number of nitrogens with zero attached hydrogens (tertiary/aromatic N) is 4. The number of aromatic nitrogens is 4. The largest absolute Gasteiger partial charge is 0.256 e. The average Bonchev–Trinajstić information content (AvgIpc) is 3.19. The first-order valence-corrected chi connectivity index (χ1v) is 16.0. The van der Waals surface area contributed by atoms with Crippen LogP contribution in [-0.4, -0.2) is 19.9 Å². The summed E-state index contributed by atoms with van der Waals surface area (Å²) < 4.78 is 0. The maximum absolute atomic E-state index is 5.03. The lowest BCUT2D eigenvalue weighted by Gasteiger charge is -2.11. The molecular formula is C44H30N4. The van der Waals surface area contributed by atoms with E-state index in [9.17, 15) is 0 Å². The molecule has 6 aromatic carbocycles. The lowest BCUT2D eigenvalue weighted by Crippen LogP contribution is -2.00. The van der Waals surface area contributed by atoms with E-state index in [0.717, 1.165) is 50.2 Å². The Balaban J connectivity index is 1.18.